The normalized spacial score (nSPS) is 11.8. The zero-order valence-corrected chi connectivity index (χ0v) is 12.6. The summed E-state index contributed by atoms with van der Waals surface area (Å²) >= 11 is 1.69. The van der Waals surface area contributed by atoms with Gasteiger partial charge in [0.15, 0.2) is 0 Å². The van der Waals surface area contributed by atoms with Gasteiger partial charge in [0, 0.05) is 29.2 Å². The Bertz CT molecular complexity index is 613. The Kier molecular flexibility index (Phi) is 4.27. The Labute approximate surface area is 118 Å². The van der Waals surface area contributed by atoms with Gasteiger partial charge in [-0.3, -0.25) is 9.98 Å². The molecule has 2 rings (SSSR count). The summed E-state index contributed by atoms with van der Waals surface area (Å²) in [6.45, 7) is 6.33. The topological polar surface area (TPSA) is 24.7 Å². The zero-order chi connectivity index (χ0) is 13.8. The highest BCUT2D eigenvalue weighted by molar-refractivity contribution is 7.15. The van der Waals surface area contributed by atoms with E-state index < -0.39 is 0 Å². The number of nitrogens with zero attached hydrogens (tertiary/aromatic N) is 2. The second-order valence-electron chi connectivity index (χ2n) is 4.63. The molecule has 3 heteroatoms. The first kappa shape index (κ1) is 13.7. The third kappa shape index (κ3) is 3.38. The molecule has 98 valence electrons. The van der Waals surface area contributed by atoms with Crippen molar-refractivity contribution in [2.75, 3.05) is 7.05 Å². The maximum absolute atomic E-state index is 4.63. The molecule has 0 saturated heterocycles. The fraction of sp³-hybridized carbons (Fsp3) is 0.250. The number of rotatable bonds is 3. The smallest absolute Gasteiger partial charge is 0.0688 e. The summed E-state index contributed by atoms with van der Waals surface area (Å²) in [6, 6.07) is 8.48. The number of hydrogen-bond acceptors (Lipinski definition) is 3. The second-order valence-corrected chi connectivity index (χ2v) is 5.78. The molecule has 2 aromatic rings. The molecule has 0 spiro atoms. The van der Waals surface area contributed by atoms with Gasteiger partial charge in [0.25, 0.3) is 0 Å². The van der Waals surface area contributed by atoms with Gasteiger partial charge >= 0.3 is 0 Å². The minimum Gasteiger partial charge on any atom is -0.295 e. The van der Waals surface area contributed by atoms with Crippen LogP contribution in [0.2, 0.25) is 0 Å². The summed E-state index contributed by atoms with van der Waals surface area (Å²) in [5, 5.41) is 0. The summed E-state index contributed by atoms with van der Waals surface area (Å²) in [4.78, 5) is 10.9. The Morgan fingerprint density at radius 3 is 2.11 bits per heavy atom. The van der Waals surface area contributed by atoms with E-state index in [-0.39, 0.29) is 0 Å². The summed E-state index contributed by atoms with van der Waals surface area (Å²) in [6.07, 6.45) is 3.80. The van der Waals surface area contributed by atoms with Gasteiger partial charge in [-0.05, 0) is 44.0 Å². The lowest BCUT2D eigenvalue weighted by molar-refractivity contribution is 1.29. The van der Waals surface area contributed by atoms with Crippen LogP contribution in [0.15, 0.2) is 34.3 Å². The van der Waals surface area contributed by atoms with Crippen molar-refractivity contribution in [2.45, 2.75) is 20.8 Å². The van der Waals surface area contributed by atoms with Crippen molar-refractivity contribution in [1.82, 2.24) is 0 Å². The van der Waals surface area contributed by atoms with E-state index in [2.05, 4.69) is 55.0 Å². The third-order valence-corrected chi connectivity index (χ3v) is 3.81. The first-order valence-electron chi connectivity index (χ1n) is 6.24. The van der Waals surface area contributed by atoms with Gasteiger partial charge in [-0.1, -0.05) is 17.7 Å². The molecular weight excluding hydrogens is 252 g/mol. The minimum atomic E-state index is 1.07. The number of hydrogen-bond donors (Lipinski definition) is 0. The fourth-order valence-electron chi connectivity index (χ4n) is 2.14. The highest BCUT2D eigenvalue weighted by Crippen LogP contribution is 2.25. The molecule has 0 bridgehead atoms. The van der Waals surface area contributed by atoms with Gasteiger partial charge < -0.3 is 0 Å². The molecule has 1 heterocycles. The summed E-state index contributed by atoms with van der Waals surface area (Å²) in [5.41, 5.74) is 4.80. The van der Waals surface area contributed by atoms with E-state index in [1.165, 1.54) is 16.7 Å². The average molecular weight is 270 g/mol. The maximum atomic E-state index is 4.63. The van der Waals surface area contributed by atoms with Gasteiger partial charge in [-0.25, -0.2) is 0 Å². The molecule has 0 saturated carbocycles. The summed E-state index contributed by atoms with van der Waals surface area (Å²) < 4.78 is 0. The summed E-state index contributed by atoms with van der Waals surface area (Å²) in [7, 11) is 1.78. The van der Waals surface area contributed by atoms with Crippen molar-refractivity contribution >= 4 is 29.5 Å². The van der Waals surface area contributed by atoms with Crippen molar-refractivity contribution in [1.29, 1.82) is 0 Å². The van der Waals surface area contributed by atoms with Crippen LogP contribution in [0.1, 0.15) is 26.4 Å². The van der Waals surface area contributed by atoms with Crippen LogP contribution in [0.3, 0.4) is 0 Å². The van der Waals surface area contributed by atoms with Gasteiger partial charge in [0.05, 0.1) is 5.69 Å². The second kappa shape index (κ2) is 5.93. The number of thiophene rings is 1. The molecule has 0 radical (unpaired) electrons. The molecule has 0 fully saturated rings. The zero-order valence-electron chi connectivity index (χ0n) is 11.8. The van der Waals surface area contributed by atoms with E-state index in [1.54, 1.807) is 18.4 Å². The third-order valence-electron chi connectivity index (χ3n) is 2.86. The number of aliphatic imine (C=N–C) groups is 2. The van der Waals surface area contributed by atoms with Gasteiger partial charge in [0.1, 0.15) is 0 Å². The molecule has 0 amide bonds. The molecule has 0 atom stereocenters. The van der Waals surface area contributed by atoms with Crippen molar-refractivity contribution < 1.29 is 0 Å². The van der Waals surface area contributed by atoms with Crippen molar-refractivity contribution in [3.05, 3.63) is 50.7 Å². The molecule has 1 aromatic heterocycles. The molecule has 0 unspecified atom stereocenters. The lowest BCUT2D eigenvalue weighted by Gasteiger charge is -2.05. The van der Waals surface area contributed by atoms with E-state index in [1.807, 2.05) is 12.4 Å². The van der Waals surface area contributed by atoms with Crippen LogP contribution in [-0.2, 0) is 0 Å². The van der Waals surface area contributed by atoms with Crippen LogP contribution in [0.25, 0.3) is 0 Å². The van der Waals surface area contributed by atoms with Gasteiger partial charge in [0.2, 0.25) is 0 Å². The standard InChI is InChI=1S/C16H18N2S/c1-11-7-12(2)16(13(3)8-11)18-10-15-6-5-14(19-15)9-17-4/h5-10H,1-4H3. The lowest BCUT2D eigenvalue weighted by Crippen LogP contribution is -1.84. The maximum Gasteiger partial charge on any atom is 0.0688 e. The minimum absolute atomic E-state index is 1.07. The van der Waals surface area contributed by atoms with Crippen LogP contribution in [0.4, 0.5) is 5.69 Å². The Balaban J connectivity index is 2.27. The van der Waals surface area contributed by atoms with Crippen LogP contribution >= 0.6 is 11.3 Å². The number of aryl methyl sites for hydroxylation is 3. The molecule has 0 aliphatic rings. The largest absolute Gasteiger partial charge is 0.295 e. The molecule has 1 aromatic carbocycles. The molecule has 0 aliphatic heterocycles. The first-order chi connectivity index (χ1) is 9.10. The van der Waals surface area contributed by atoms with Crippen molar-refractivity contribution in [2.24, 2.45) is 9.98 Å². The highest BCUT2D eigenvalue weighted by atomic mass is 32.1. The van der Waals surface area contributed by atoms with Crippen LogP contribution in [0, 0.1) is 20.8 Å². The quantitative estimate of drug-likeness (QED) is 0.735. The van der Waals surface area contributed by atoms with E-state index in [0.29, 0.717) is 0 Å². The molecule has 19 heavy (non-hydrogen) atoms. The van der Waals surface area contributed by atoms with Crippen molar-refractivity contribution in [3.63, 3.8) is 0 Å². The molecular formula is C16H18N2S. The first-order valence-corrected chi connectivity index (χ1v) is 7.05. The Hall–Kier alpha value is -1.74. The van der Waals surface area contributed by atoms with Gasteiger partial charge in [-0.2, -0.15) is 0 Å². The van der Waals surface area contributed by atoms with Crippen LogP contribution in [0.5, 0.6) is 0 Å². The van der Waals surface area contributed by atoms with E-state index in [0.717, 1.165) is 15.4 Å². The fourth-order valence-corrected chi connectivity index (χ4v) is 2.95. The highest BCUT2D eigenvalue weighted by Gasteiger charge is 2.02. The lowest BCUT2D eigenvalue weighted by atomic mass is 10.1. The predicted octanol–water partition coefficient (Wildman–Crippen LogP) is 4.47. The average Bonchev–Trinajstić information content (AvgIpc) is 2.76. The predicted molar refractivity (Wildman–Crippen MR) is 85.7 cm³/mol. The van der Waals surface area contributed by atoms with E-state index in [4.69, 9.17) is 0 Å². The molecule has 0 aliphatic carbocycles. The van der Waals surface area contributed by atoms with Gasteiger partial charge in [-0.15, -0.1) is 11.3 Å². The SMILES string of the molecule is CN=Cc1ccc(C=Nc2c(C)cc(C)cc2C)s1. The van der Waals surface area contributed by atoms with Crippen molar-refractivity contribution in [3.8, 4) is 0 Å². The van der Waals surface area contributed by atoms with E-state index in [9.17, 15) is 0 Å². The summed E-state index contributed by atoms with van der Waals surface area (Å²) in [5.74, 6) is 0. The monoisotopic (exact) mass is 270 g/mol. The Morgan fingerprint density at radius 1 is 0.947 bits per heavy atom. The Morgan fingerprint density at radius 2 is 1.53 bits per heavy atom. The van der Waals surface area contributed by atoms with Crippen LogP contribution < -0.4 is 0 Å². The molecule has 0 N–H and O–H groups in total. The number of benzene rings is 1. The molecule has 2 nitrogen and oxygen atoms in total. The van der Waals surface area contributed by atoms with Crippen LogP contribution in [-0.4, -0.2) is 19.5 Å². The van der Waals surface area contributed by atoms with E-state index >= 15 is 0 Å².